The highest BCUT2D eigenvalue weighted by Gasteiger charge is 2.41. The molecule has 1 unspecified atom stereocenters. The SMILES string of the molecule is O=C(CCCCc1ccc2c(n1)NCCC2)NCC(NC(=O)C1CN(S(=O)(=O)c2cccc(F)c2)C1)C(O)O. The number of anilines is 1. The molecule has 0 radical (unpaired) electrons. The van der Waals surface area contributed by atoms with E-state index in [-0.39, 0.29) is 36.9 Å². The van der Waals surface area contributed by atoms with Crippen LogP contribution in [0.4, 0.5) is 10.2 Å². The van der Waals surface area contributed by atoms with Crippen LogP contribution in [0.5, 0.6) is 0 Å². The second-order valence-electron chi connectivity index (χ2n) is 9.86. The predicted molar refractivity (Wildman–Crippen MR) is 140 cm³/mol. The van der Waals surface area contributed by atoms with Crippen LogP contribution in [0.25, 0.3) is 0 Å². The number of carbonyl (C=O) groups is 2. The number of aliphatic hydroxyl groups excluding tert-OH is 1. The molecule has 2 aliphatic rings. The van der Waals surface area contributed by atoms with E-state index in [1.165, 1.54) is 17.7 Å². The molecule has 2 amide bonds. The van der Waals surface area contributed by atoms with Gasteiger partial charge >= 0.3 is 0 Å². The number of rotatable bonds is 12. The van der Waals surface area contributed by atoms with E-state index in [0.29, 0.717) is 6.42 Å². The zero-order valence-corrected chi connectivity index (χ0v) is 22.3. The summed E-state index contributed by atoms with van der Waals surface area (Å²) in [5.41, 5.74) is 2.19. The first kappa shape index (κ1) is 28.9. The Morgan fingerprint density at radius 3 is 2.72 bits per heavy atom. The van der Waals surface area contributed by atoms with Crippen molar-refractivity contribution in [3.8, 4) is 0 Å². The van der Waals surface area contributed by atoms with Crippen molar-refractivity contribution in [3.05, 3.63) is 53.5 Å². The molecule has 2 aromatic rings. The Morgan fingerprint density at radius 2 is 1.97 bits per heavy atom. The average molecular weight is 564 g/mol. The summed E-state index contributed by atoms with van der Waals surface area (Å²) >= 11 is 0. The predicted octanol–water partition coefficient (Wildman–Crippen LogP) is 0.524. The molecule has 5 N–H and O–H groups in total. The van der Waals surface area contributed by atoms with Gasteiger partial charge in [0.05, 0.1) is 16.9 Å². The first-order valence-electron chi connectivity index (χ1n) is 13.0. The molecule has 1 fully saturated rings. The Labute approximate surface area is 226 Å². The van der Waals surface area contributed by atoms with Crippen LogP contribution < -0.4 is 16.0 Å². The summed E-state index contributed by atoms with van der Waals surface area (Å²) in [6.07, 6.45) is 2.56. The molecule has 2 aliphatic heterocycles. The number of hydrogen-bond acceptors (Lipinski definition) is 8. The Bertz CT molecular complexity index is 1290. The highest BCUT2D eigenvalue weighted by molar-refractivity contribution is 7.89. The van der Waals surface area contributed by atoms with Crippen molar-refractivity contribution in [3.63, 3.8) is 0 Å². The maximum Gasteiger partial charge on any atom is 0.243 e. The average Bonchev–Trinajstić information content (AvgIpc) is 2.87. The number of pyridine rings is 1. The standard InChI is InChI=1S/C26H34FN5O6S/c27-19-6-3-8-21(13-19)39(37,38)32-15-18(16-32)25(34)31-22(26(35)36)14-29-23(33)9-2-1-7-20-11-10-17-5-4-12-28-24(17)30-20/h3,6,8,10-11,13,18,22,26,35-36H,1-2,4-5,7,9,12,14-16H2,(H,28,30)(H,29,33)(H,31,34). The summed E-state index contributed by atoms with van der Waals surface area (Å²) in [5, 5.41) is 27.7. The topological polar surface area (TPSA) is 161 Å². The number of aryl methyl sites for hydroxylation is 2. The number of unbranched alkanes of at least 4 members (excludes halogenated alkanes) is 1. The van der Waals surface area contributed by atoms with Gasteiger partial charge < -0.3 is 26.2 Å². The summed E-state index contributed by atoms with van der Waals surface area (Å²) in [6, 6.07) is 7.55. The van der Waals surface area contributed by atoms with E-state index in [2.05, 4.69) is 27.0 Å². The molecule has 39 heavy (non-hydrogen) atoms. The van der Waals surface area contributed by atoms with Gasteiger partial charge in [-0.3, -0.25) is 9.59 Å². The number of nitrogens with zero attached hydrogens (tertiary/aromatic N) is 2. The molecule has 1 saturated heterocycles. The Hall–Kier alpha value is -3.13. The highest BCUT2D eigenvalue weighted by atomic mass is 32.2. The third-order valence-corrected chi connectivity index (χ3v) is 8.73. The van der Waals surface area contributed by atoms with Crippen LogP contribution in [0.1, 0.15) is 36.9 Å². The van der Waals surface area contributed by atoms with Crippen molar-refractivity contribution in [1.29, 1.82) is 0 Å². The van der Waals surface area contributed by atoms with E-state index in [0.717, 1.165) is 60.2 Å². The molecule has 0 spiro atoms. The Balaban J connectivity index is 1.16. The molecule has 1 atom stereocenters. The van der Waals surface area contributed by atoms with E-state index in [1.807, 2.05) is 6.07 Å². The molecule has 0 aliphatic carbocycles. The lowest BCUT2D eigenvalue weighted by atomic mass is 10.0. The quantitative estimate of drug-likeness (QED) is 0.185. The number of aromatic nitrogens is 1. The molecule has 13 heteroatoms. The minimum Gasteiger partial charge on any atom is -0.370 e. The lowest BCUT2D eigenvalue weighted by molar-refractivity contribution is -0.134. The largest absolute Gasteiger partial charge is 0.370 e. The van der Waals surface area contributed by atoms with Crippen LogP contribution in [0.3, 0.4) is 0 Å². The lowest BCUT2D eigenvalue weighted by Gasteiger charge is -2.37. The third kappa shape index (κ3) is 7.50. The van der Waals surface area contributed by atoms with Gasteiger partial charge in [0, 0.05) is 38.3 Å². The minimum atomic E-state index is -3.94. The fourth-order valence-corrected chi connectivity index (χ4v) is 6.08. The van der Waals surface area contributed by atoms with Gasteiger partial charge in [-0.1, -0.05) is 12.1 Å². The van der Waals surface area contributed by atoms with E-state index >= 15 is 0 Å². The van der Waals surface area contributed by atoms with Gasteiger partial charge in [0.25, 0.3) is 0 Å². The molecular formula is C26H34FN5O6S. The summed E-state index contributed by atoms with van der Waals surface area (Å²) in [4.78, 5) is 29.2. The summed E-state index contributed by atoms with van der Waals surface area (Å²) in [7, 11) is -3.94. The smallest absolute Gasteiger partial charge is 0.243 e. The number of amides is 2. The van der Waals surface area contributed by atoms with Crippen molar-refractivity contribution in [2.75, 3.05) is 31.5 Å². The Kier molecular flexibility index (Phi) is 9.49. The molecular weight excluding hydrogens is 529 g/mol. The summed E-state index contributed by atoms with van der Waals surface area (Å²) < 4.78 is 39.6. The molecule has 4 rings (SSSR count). The first-order valence-corrected chi connectivity index (χ1v) is 14.5. The summed E-state index contributed by atoms with van der Waals surface area (Å²) in [6.45, 7) is 0.477. The fraction of sp³-hybridized carbons (Fsp3) is 0.500. The number of halogens is 1. The van der Waals surface area contributed by atoms with Crippen LogP contribution in [-0.4, -0.2) is 78.2 Å². The number of aliphatic hydroxyl groups is 2. The monoisotopic (exact) mass is 563 g/mol. The van der Waals surface area contributed by atoms with Crippen molar-refractivity contribution in [2.24, 2.45) is 5.92 Å². The molecule has 11 nitrogen and oxygen atoms in total. The minimum absolute atomic E-state index is 0.125. The van der Waals surface area contributed by atoms with Crippen LogP contribution >= 0.6 is 0 Å². The van der Waals surface area contributed by atoms with Crippen LogP contribution in [0, 0.1) is 11.7 Å². The molecule has 0 saturated carbocycles. The van der Waals surface area contributed by atoms with E-state index in [1.54, 1.807) is 0 Å². The van der Waals surface area contributed by atoms with Gasteiger partial charge in [0.1, 0.15) is 11.6 Å². The van der Waals surface area contributed by atoms with Crippen molar-refractivity contribution >= 4 is 27.7 Å². The van der Waals surface area contributed by atoms with Crippen molar-refractivity contribution in [1.82, 2.24) is 19.9 Å². The number of fused-ring (bicyclic) bond motifs is 1. The second kappa shape index (κ2) is 12.8. The number of nitrogens with one attached hydrogen (secondary N) is 3. The van der Waals surface area contributed by atoms with Crippen LogP contribution in [0.15, 0.2) is 41.3 Å². The van der Waals surface area contributed by atoms with E-state index in [4.69, 9.17) is 0 Å². The van der Waals surface area contributed by atoms with Crippen molar-refractivity contribution in [2.45, 2.75) is 55.8 Å². The van der Waals surface area contributed by atoms with Gasteiger partial charge in [-0.05, 0) is 61.9 Å². The molecule has 0 bridgehead atoms. The first-order chi connectivity index (χ1) is 18.6. The van der Waals surface area contributed by atoms with Gasteiger partial charge in [-0.25, -0.2) is 17.8 Å². The van der Waals surface area contributed by atoms with Crippen molar-refractivity contribution < 1.29 is 32.6 Å². The van der Waals surface area contributed by atoms with Gasteiger partial charge in [-0.2, -0.15) is 4.31 Å². The van der Waals surface area contributed by atoms with E-state index < -0.39 is 40.0 Å². The van der Waals surface area contributed by atoms with Gasteiger partial charge in [0.2, 0.25) is 21.8 Å². The highest BCUT2D eigenvalue weighted by Crippen LogP contribution is 2.26. The zero-order chi connectivity index (χ0) is 28.0. The van der Waals surface area contributed by atoms with Crippen LogP contribution in [0.2, 0.25) is 0 Å². The van der Waals surface area contributed by atoms with Gasteiger partial charge in [0.15, 0.2) is 6.29 Å². The lowest BCUT2D eigenvalue weighted by Crippen LogP contribution is -2.59. The number of carbonyl (C=O) groups excluding carboxylic acids is 2. The third-order valence-electron chi connectivity index (χ3n) is 6.90. The van der Waals surface area contributed by atoms with Crippen LogP contribution in [-0.2, 0) is 32.5 Å². The number of hydrogen-bond donors (Lipinski definition) is 5. The second-order valence-corrected chi connectivity index (χ2v) is 11.8. The van der Waals surface area contributed by atoms with E-state index in [9.17, 15) is 32.6 Å². The zero-order valence-electron chi connectivity index (χ0n) is 21.5. The normalized spacial score (nSPS) is 16.6. The summed E-state index contributed by atoms with van der Waals surface area (Å²) in [5.74, 6) is -1.31. The van der Waals surface area contributed by atoms with Gasteiger partial charge in [-0.15, -0.1) is 0 Å². The molecule has 1 aromatic heterocycles. The number of sulfonamides is 1. The molecule has 3 heterocycles. The fourth-order valence-electron chi connectivity index (χ4n) is 4.52. The molecule has 1 aromatic carbocycles. The number of benzene rings is 1. The maximum atomic E-state index is 13.4. The molecule has 212 valence electrons. The Morgan fingerprint density at radius 1 is 1.18 bits per heavy atom. The maximum absolute atomic E-state index is 13.4.